The largest absolute Gasteiger partial charge is 0.497 e. The monoisotopic (exact) mass is 939 g/mol. The molecular weight excluding hydrogens is 883 g/mol. The summed E-state index contributed by atoms with van der Waals surface area (Å²) in [7, 11) is 2.51. The summed E-state index contributed by atoms with van der Waals surface area (Å²) in [5.41, 5.74) is 1.48. The fourth-order valence-corrected chi connectivity index (χ4v) is 7.61. The highest BCUT2D eigenvalue weighted by molar-refractivity contribution is 5.79. The molecule has 20 nitrogen and oxygen atoms in total. The molecule has 20 heteroatoms. The van der Waals surface area contributed by atoms with Crippen LogP contribution in [0.4, 0.5) is 0 Å². The molecule has 2 N–H and O–H groups in total. The van der Waals surface area contributed by atoms with Crippen LogP contribution in [-0.4, -0.2) is 135 Å². The zero-order valence-electron chi connectivity index (χ0n) is 38.2. The highest BCUT2D eigenvalue weighted by atomic mass is 16.8. The number of amides is 1. The SMILES string of the molecule is COC(=O)[C@@]1(O[C@H]2[C@@H](OC(C)=O)[C@@H](COCc3ccccc3)O[C@@H](Oc3ccc(OC)cc3)[C@@H]2OCc2ccccc2)C[C@H](OC(C)=O)[C@@H](NC(C)=O)[C@H]([C@H](OC(C)=O)[C@H](O)COC(C)=O)O1. The lowest BCUT2D eigenvalue weighted by Crippen LogP contribution is -2.71. The molecular formula is C47H57NO19. The van der Waals surface area contributed by atoms with Crippen LogP contribution < -0.4 is 14.8 Å². The van der Waals surface area contributed by atoms with Gasteiger partial charge in [-0.3, -0.25) is 24.0 Å². The minimum atomic E-state index is -2.76. The van der Waals surface area contributed by atoms with E-state index in [9.17, 15) is 33.9 Å². The average Bonchev–Trinajstić information content (AvgIpc) is 3.29. The number of esters is 5. The van der Waals surface area contributed by atoms with Crippen molar-refractivity contribution in [3.05, 3.63) is 96.1 Å². The van der Waals surface area contributed by atoms with Crippen molar-refractivity contribution >= 4 is 35.8 Å². The van der Waals surface area contributed by atoms with Gasteiger partial charge in [0.2, 0.25) is 12.2 Å². The number of hydrogen-bond donors (Lipinski definition) is 2. The summed E-state index contributed by atoms with van der Waals surface area (Å²) in [5, 5.41) is 14.1. The van der Waals surface area contributed by atoms with Crippen LogP contribution in [-0.2, 0) is 89.3 Å². The van der Waals surface area contributed by atoms with Gasteiger partial charge in [-0.1, -0.05) is 60.7 Å². The van der Waals surface area contributed by atoms with Crippen LogP contribution in [0.3, 0.4) is 0 Å². The molecule has 2 aliphatic heterocycles. The molecule has 3 aromatic carbocycles. The standard InChI is InChI=1S/C47H57NO19/c1-27(49)48-39-37(61-29(3)51)22-47(46(55)57-7,66-42(39)40(62-30(4)52)36(54)25-59-28(2)50)67-43-41(63-31(5)53)38(26-58-23-32-14-10-8-11-15-32)65-45(64-35-20-18-34(56-6)19-21-35)44(43)60-24-33-16-12-9-13-17-33/h8-21,36-45,54H,22-26H2,1-7H3,(H,48,49)/t36-,37+,38-,39-,40-,41+,42-,43+,44-,45-,47+/m1/s1. The van der Waals surface area contributed by atoms with E-state index in [-0.39, 0.29) is 25.6 Å². The number of hydrogen-bond acceptors (Lipinski definition) is 19. The van der Waals surface area contributed by atoms with E-state index < -0.39 is 116 Å². The third-order valence-corrected chi connectivity index (χ3v) is 10.4. The molecule has 11 atom stereocenters. The Balaban J connectivity index is 1.71. The molecule has 5 rings (SSSR count). The number of rotatable bonds is 21. The van der Waals surface area contributed by atoms with Gasteiger partial charge in [0.25, 0.3) is 5.79 Å². The van der Waals surface area contributed by atoms with Gasteiger partial charge in [0.1, 0.15) is 48.6 Å². The minimum Gasteiger partial charge on any atom is -0.497 e. The van der Waals surface area contributed by atoms with E-state index in [0.29, 0.717) is 11.3 Å². The molecule has 0 aliphatic carbocycles. The molecule has 0 spiro atoms. The van der Waals surface area contributed by atoms with Crippen LogP contribution >= 0.6 is 0 Å². The Kier molecular flexibility index (Phi) is 19.0. The van der Waals surface area contributed by atoms with Crippen LogP contribution in [0.15, 0.2) is 84.9 Å². The summed E-state index contributed by atoms with van der Waals surface area (Å²) in [4.78, 5) is 77.9. The number of aliphatic hydroxyl groups excluding tert-OH is 1. The van der Waals surface area contributed by atoms with Crippen LogP contribution in [0.25, 0.3) is 0 Å². The highest BCUT2D eigenvalue weighted by Gasteiger charge is 2.62. The number of ether oxygens (including phenoxy) is 12. The highest BCUT2D eigenvalue weighted by Crippen LogP contribution is 2.41. The lowest BCUT2D eigenvalue weighted by molar-refractivity contribution is -0.369. The second-order valence-corrected chi connectivity index (χ2v) is 15.6. The molecule has 0 radical (unpaired) electrons. The normalized spacial score (nSPS) is 25.6. The van der Waals surface area contributed by atoms with Crippen molar-refractivity contribution in [2.75, 3.05) is 27.4 Å². The zero-order valence-corrected chi connectivity index (χ0v) is 38.2. The summed E-state index contributed by atoms with van der Waals surface area (Å²) in [6, 6.07) is 23.2. The predicted octanol–water partition coefficient (Wildman–Crippen LogP) is 2.87. The van der Waals surface area contributed by atoms with E-state index in [1.54, 1.807) is 48.5 Å². The quantitative estimate of drug-likeness (QED) is 0.115. The van der Waals surface area contributed by atoms with Gasteiger partial charge in [0.15, 0.2) is 18.3 Å². The Morgan fingerprint density at radius 2 is 1.36 bits per heavy atom. The summed E-state index contributed by atoms with van der Waals surface area (Å²) in [5.74, 6) is -7.40. The first-order valence-electron chi connectivity index (χ1n) is 21.3. The molecule has 2 saturated heterocycles. The second kappa shape index (κ2) is 24.6. The minimum absolute atomic E-state index is 0.0929. The van der Waals surface area contributed by atoms with E-state index in [4.69, 9.17) is 56.8 Å². The molecule has 0 unspecified atom stereocenters. The number of nitrogens with one attached hydrogen (secondary N) is 1. The van der Waals surface area contributed by atoms with E-state index >= 15 is 0 Å². The molecule has 67 heavy (non-hydrogen) atoms. The first kappa shape index (κ1) is 51.8. The van der Waals surface area contributed by atoms with Crippen LogP contribution in [0, 0.1) is 0 Å². The second-order valence-electron chi connectivity index (χ2n) is 15.6. The first-order chi connectivity index (χ1) is 32.0. The molecule has 2 heterocycles. The van der Waals surface area contributed by atoms with Gasteiger partial charge in [0, 0.05) is 34.6 Å². The van der Waals surface area contributed by atoms with Crippen molar-refractivity contribution in [1.29, 1.82) is 0 Å². The van der Waals surface area contributed by atoms with E-state index in [1.807, 2.05) is 36.4 Å². The molecule has 2 aliphatic rings. The van der Waals surface area contributed by atoms with Gasteiger partial charge in [-0.25, -0.2) is 4.79 Å². The maximum absolute atomic E-state index is 14.6. The smallest absolute Gasteiger partial charge is 0.366 e. The average molecular weight is 940 g/mol. The van der Waals surface area contributed by atoms with Crippen molar-refractivity contribution in [3.8, 4) is 11.5 Å². The Morgan fingerprint density at radius 1 is 0.746 bits per heavy atom. The lowest BCUT2D eigenvalue weighted by atomic mass is 9.87. The summed E-state index contributed by atoms with van der Waals surface area (Å²) in [6.07, 6.45) is -15.2. The Morgan fingerprint density at radius 3 is 1.91 bits per heavy atom. The van der Waals surface area contributed by atoms with Crippen molar-refractivity contribution in [2.45, 2.75) is 121 Å². The molecule has 1 amide bonds. The Hall–Kier alpha value is -6.16. The van der Waals surface area contributed by atoms with Crippen LogP contribution in [0.1, 0.15) is 52.2 Å². The predicted molar refractivity (Wildman–Crippen MR) is 229 cm³/mol. The summed E-state index contributed by atoms with van der Waals surface area (Å²) in [6.45, 7) is 4.40. The topological polar surface area (TPSA) is 245 Å². The first-order valence-corrected chi connectivity index (χ1v) is 21.3. The maximum atomic E-state index is 14.6. The summed E-state index contributed by atoms with van der Waals surface area (Å²) >= 11 is 0. The van der Waals surface area contributed by atoms with Crippen molar-refractivity contribution in [1.82, 2.24) is 5.32 Å². The number of carbonyl (C=O) groups excluding carboxylic acids is 6. The molecule has 0 bridgehead atoms. The third-order valence-electron chi connectivity index (χ3n) is 10.4. The molecule has 364 valence electrons. The van der Waals surface area contributed by atoms with Crippen molar-refractivity contribution < 1.29 is 90.7 Å². The van der Waals surface area contributed by atoms with Crippen LogP contribution in [0.5, 0.6) is 11.5 Å². The fourth-order valence-electron chi connectivity index (χ4n) is 7.61. The number of carbonyl (C=O) groups is 6. The van der Waals surface area contributed by atoms with E-state index in [1.165, 1.54) is 7.11 Å². The molecule has 0 saturated carbocycles. The van der Waals surface area contributed by atoms with Gasteiger partial charge in [-0.05, 0) is 35.4 Å². The van der Waals surface area contributed by atoms with E-state index in [0.717, 1.165) is 47.3 Å². The van der Waals surface area contributed by atoms with Gasteiger partial charge in [-0.15, -0.1) is 0 Å². The van der Waals surface area contributed by atoms with Gasteiger partial charge in [0.05, 0.1) is 46.5 Å². The molecule has 3 aromatic rings. The Labute approximate surface area is 387 Å². The summed E-state index contributed by atoms with van der Waals surface area (Å²) < 4.78 is 72.2. The van der Waals surface area contributed by atoms with E-state index in [2.05, 4.69) is 5.32 Å². The van der Waals surface area contributed by atoms with Crippen molar-refractivity contribution in [2.24, 2.45) is 0 Å². The molecule has 2 fully saturated rings. The van der Waals surface area contributed by atoms with Gasteiger partial charge >= 0.3 is 29.8 Å². The number of aliphatic hydroxyl groups is 1. The molecule has 0 aromatic heterocycles. The van der Waals surface area contributed by atoms with Gasteiger partial charge < -0.3 is 67.3 Å². The van der Waals surface area contributed by atoms with Crippen LogP contribution in [0.2, 0.25) is 0 Å². The lowest BCUT2D eigenvalue weighted by Gasteiger charge is -2.51. The number of methoxy groups -OCH3 is 2. The third kappa shape index (κ3) is 14.7. The number of benzene rings is 3. The van der Waals surface area contributed by atoms with Gasteiger partial charge in [-0.2, -0.15) is 0 Å². The fraction of sp³-hybridized carbons (Fsp3) is 0.489. The Bertz CT molecular complexity index is 2110. The maximum Gasteiger partial charge on any atom is 0.366 e. The zero-order chi connectivity index (χ0) is 48.7. The van der Waals surface area contributed by atoms with Crippen molar-refractivity contribution in [3.63, 3.8) is 0 Å².